The molecule has 1 fully saturated rings. The van der Waals surface area contributed by atoms with E-state index in [1.54, 1.807) is 26.0 Å². The molecule has 2 aliphatic rings. The lowest BCUT2D eigenvalue weighted by Gasteiger charge is -2.59. The summed E-state index contributed by atoms with van der Waals surface area (Å²) in [6, 6.07) is -2.76. The fourth-order valence-electron chi connectivity index (χ4n) is 6.89. The van der Waals surface area contributed by atoms with Gasteiger partial charge in [0.15, 0.2) is 0 Å². The number of allylic oxidation sites excluding steroid dienone is 1. The minimum Gasteiger partial charge on any atom is -0.481 e. The van der Waals surface area contributed by atoms with Crippen LogP contribution in [0.2, 0.25) is 0 Å². The Bertz CT molecular complexity index is 1360. The molecule has 18 heteroatoms. The first-order chi connectivity index (χ1) is 24.5. The zero-order chi connectivity index (χ0) is 40.5. The van der Waals surface area contributed by atoms with Crippen LogP contribution in [0.15, 0.2) is 12.2 Å². The van der Waals surface area contributed by atoms with Crippen LogP contribution in [-0.2, 0) is 33.5 Å². The zero-order valence-electron chi connectivity index (χ0n) is 30.9. The zero-order valence-corrected chi connectivity index (χ0v) is 31.7. The number of amides is 2. The molecule has 0 aromatic rings. The fourth-order valence-corrected chi connectivity index (χ4v) is 8.68. The van der Waals surface area contributed by atoms with E-state index in [-0.39, 0.29) is 50.2 Å². The van der Waals surface area contributed by atoms with E-state index in [4.69, 9.17) is 25.8 Å². The predicted molar refractivity (Wildman–Crippen MR) is 191 cm³/mol. The number of thioether (sulfide) groups is 1. The Labute approximate surface area is 313 Å². The molecule has 0 bridgehead atoms. The number of aliphatic hydroxyl groups excluding tert-OH is 3. The monoisotopic (exact) mass is 775 g/mol. The third-order valence-electron chi connectivity index (χ3n) is 10.4. The van der Waals surface area contributed by atoms with Crippen LogP contribution in [0, 0.1) is 23.2 Å². The standard InChI is InChI=1S/C35H57N3O14S/c1-6-33(3,4)32(50)52-24-15-34(5,51)31(49)35(12-11-18(2)21(28(24)35)8-7-19(39)13-20(40)14-26(42)43)53-17-23(29(46)37-16-27(44)45)38-25(41)10-9-22(36)30(47)48/h11-12,18-24,28,31,39-40,49,51H,6-10,13-17,36H2,1-5H3,(H,37,46)(H,38,41)(H,42,43)(H,44,45)(H,47,48)/t18-,19+,20+,21-,22?,23?,24-,28-,31-,34-,35-/m0/s1. The number of nitrogens with two attached hydrogens (primary N) is 1. The highest BCUT2D eigenvalue weighted by Crippen LogP contribution is 2.57. The molecule has 53 heavy (non-hydrogen) atoms. The average Bonchev–Trinajstić information content (AvgIpc) is 3.05. The fraction of sp³-hybridized carbons (Fsp3) is 0.771. The van der Waals surface area contributed by atoms with Crippen molar-refractivity contribution in [1.29, 1.82) is 0 Å². The summed E-state index contributed by atoms with van der Waals surface area (Å²) in [5.74, 6) is -7.84. The second-order valence-electron chi connectivity index (χ2n) is 15.2. The van der Waals surface area contributed by atoms with E-state index in [0.29, 0.717) is 6.42 Å². The molecular weight excluding hydrogens is 718 g/mol. The maximum atomic E-state index is 13.6. The number of carbonyl (C=O) groups is 6. The maximum absolute atomic E-state index is 13.6. The number of nitrogens with one attached hydrogen (secondary N) is 2. The maximum Gasteiger partial charge on any atom is 0.322 e. The molecule has 302 valence electrons. The van der Waals surface area contributed by atoms with Crippen LogP contribution in [0.3, 0.4) is 0 Å². The number of ether oxygens (including phenoxy) is 1. The lowest BCUT2D eigenvalue weighted by molar-refractivity contribution is -0.193. The summed E-state index contributed by atoms with van der Waals surface area (Å²) in [5, 5.41) is 76.6. The lowest BCUT2D eigenvalue weighted by Crippen LogP contribution is -2.68. The smallest absolute Gasteiger partial charge is 0.322 e. The van der Waals surface area contributed by atoms with Crippen molar-refractivity contribution in [1.82, 2.24) is 10.6 Å². The third-order valence-corrected chi connectivity index (χ3v) is 12.0. The summed E-state index contributed by atoms with van der Waals surface area (Å²) < 4.78 is 4.69. The van der Waals surface area contributed by atoms with Crippen molar-refractivity contribution in [3.63, 3.8) is 0 Å². The molecule has 0 aliphatic heterocycles. The van der Waals surface area contributed by atoms with Gasteiger partial charge in [-0.1, -0.05) is 26.0 Å². The SMILES string of the molecule is CCC(C)(C)C(=O)O[C@H]1C[C@](C)(O)[C@H](O)[C@]2(SCC(NC(=O)CCC(N)C(=O)O)C(=O)NCC(=O)O)C=C[C@H](C)[C@H](CC[C@@H](O)C[C@@H](O)CC(=O)O)[C@@H]12. The van der Waals surface area contributed by atoms with E-state index >= 15 is 0 Å². The molecule has 2 unspecified atom stereocenters. The van der Waals surface area contributed by atoms with Gasteiger partial charge in [-0.2, -0.15) is 0 Å². The number of aliphatic hydroxyl groups is 4. The summed E-state index contributed by atoms with van der Waals surface area (Å²) >= 11 is 0.985. The number of carbonyl (C=O) groups excluding carboxylic acids is 3. The van der Waals surface area contributed by atoms with Gasteiger partial charge in [0.05, 0.1) is 34.4 Å². The Balaban J connectivity index is 2.59. The quantitative estimate of drug-likeness (QED) is 0.0542. The topological polar surface area (TPSA) is 303 Å². The molecule has 2 rings (SSSR count). The molecule has 2 aliphatic carbocycles. The molecule has 0 heterocycles. The highest BCUT2D eigenvalue weighted by molar-refractivity contribution is 8.01. The van der Waals surface area contributed by atoms with Crippen LogP contribution in [0.1, 0.15) is 86.0 Å². The summed E-state index contributed by atoms with van der Waals surface area (Å²) in [7, 11) is 0. The summed E-state index contributed by atoms with van der Waals surface area (Å²) in [6.07, 6.45) is -2.26. The van der Waals surface area contributed by atoms with Crippen molar-refractivity contribution in [3.8, 4) is 0 Å². The van der Waals surface area contributed by atoms with Crippen LogP contribution in [0.4, 0.5) is 0 Å². The largest absolute Gasteiger partial charge is 0.481 e. The van der Waals surface area contributed by atoms with Crippen LogP contribution in [0.5, 0.6) is 0 Å². The second-order valence-corrected chi connectivity index (χ2v) is 16.5. The Kier molecular flexibility index (Phi) is 16.7. The Hall–Kier alpha value is -3.29. The molecule has 17 nitrogen and oxygen atoms in total. The van der Waals surface area contributed by atoms with E-state index in [0.717, 1.165) is 11.8 Å². The van der Waals surface area contributed by atoms with Crippen LogP contribution < -0.4 is 16.4 Å². The average molecular weight is 776 g/mol. The number of fused-ring (bicyclic) bond motifs is 1. The van der Waals surface area contributed by atoms with E-state index in [2.05, 4.69) is 10.6 Å². The summed E-state index contributed by atoms with van der Waals surface area (Å²) in [6.45, 7) is 7.73. The molecule has 0 aromatic carbocycles. The van der Waals surface area contributed by atoms with Gasteiger partial charge in [0.1, 0.15) is 30.8 Å². The van der Waals surface area contributed by atoms with E-state index in [1.165, 1.54) is 6.92 Å². The van der Waals surface area contributed by atoms with E-state index < -0.39 is 113 Å². The van der Waals surface area contributed by atoms with Gasteiger partial charge < -0.3 is 56.8 Å². The molecule has 11 atom stereocenters. The Morgan fingerprint density at radius 3 is 2.26 bits per heavy atom. The first kappa shape index (κ1) is 45.9. The molecular formula is C35H57N3O14S. The van der Waals surface area contributed by atoms with Crippen LogP contribution >= 0.6 is 11.8 Å². The van der Waals surface area contributed by atoms with Gasteiger partial charge in [0.25, 0.3) is 0 Å². The number of hydrogen-bond acceptors (Lipinski definition) is 13. The third kappa shape index (κ3) is 12.6. The molecule has 0 radical (unpaired) electrons. The minimum absolute atomic E-state index is 0.0964. The molecule has 1 saturated carbocycles. The van der Waals surface area contributed by atoms with Crippen molar-refractivity contribution in [2.45, 2.75) is 133 Å². The van der Waals surface area contributed by atoms with Gasteiger partial charge >= 0.3 is 23.9 Å². The molecule has 0 saturated heterocycles. The predicted octanol–water partition coefficient (Wildman–Crippen LogP) is 0.00480. The molecule has 0 aromatic heterocycles. The van der Waals surface area contributed by atoms with E-state index in [9.17, 15) is 49.2 Å². The van der Waals surface area contributed by atoms with Crippen LogP contribution in [-0.4, -0.2) is 131 Å². The Morgan fingerprint density at radius 2 is 1.70 bits per heavy atom. The van der Waals surface area contributed by atoms with Gasteiger partial charge in [-0.15, -0.1) is 11.8 Å². The number of aliphatic carboxylic acids is 3. The normalized spacial score (nSPS) is 29.1. The number of esters is 1. The first-order valence-electron chi connectivity index (χ1n) is 17.8. The van der Waals surface area contributed by atoms with Crippen molar-refractivity contribution in [2.24, 2.45) is 28.9 Å². The van der Waals surface area contributed by atoms with Crippen molar-refractivity contribution >= 4 is 47.5 Å². The minimum atomic E-state index is -1.85. The molecule has 11 N–H and O–H groups in total. The van der Waals surface area contributed by atoms with Gasteiger partial charge in [-0.25, -0.2) is 0 Å². The summed E-state index contributed by atoms with van der Waals surface area (Å²) in [5.41, 5.74) is 2.76. The molecule has 2 amide bonds. The van der Waals surface area contributed by atoms with Gasteiger partial charge in [0, 0.05) is 24.5 Å². The Morgan fingerprint density at radius 1 is 1.06 bits per heavy atom. The van der Waals surface area contributed by atoms with Gasteiger partial charge in [-0.3, -0.25) is 28.8 Å². The highest BCUT2D eigenvalue weighted by Gasteiger charge is 2.63. The molecule has 0 spiro atoms. The lowest BCUT2D eigenvalue weighted by atomic mass is 9.57. The van der Waals surface area contributed by atoms with Crippen molar-refractivity contribution in [3.05, 3.63) is 12.2 Å². The van der Waals surface area contributed by atoms with Crippen molar-refractivity contribution < 1.29 is 69.2 Å². The highest BCUT2D eigenvalue weighted by atomic mass is 32.2. The first-order valence-corrected chi connectivity index (χ1v) is 18.8. The number of carboxylic acid groups (broad SMARTS) is 3. The number of hydrogen-bond donors (Lipinski definition) is 10. The summed E-state index contributed by atoms with van der Waals surface area (Å²) in [4.78, 5) is 73.2. The second kappa shape index (κ2) is 19.3. The number of carboxylic acids is 3. The van der Waals surface area contributed by atoms with Crippen LogP contribution in [0.25, 0.3) is 0 Å². The van der Waals surface area contributed by atoms with Gasteiger partial charge in [0.2, 0.25) is 11.8 Å². The van der Waals surface area contributed by atoms with Gasteiger partial charge in [-0.05, 0) is 64.7 Å². The van der Waals surface area contributed by atoms with Crippen molar-refractivity contribution in [2.75, 3.05) is 12.3 Å². The number of rotatable bonds is 21. The van der Waals surface area contributed by atoms with E-state index in [1.807, 2.05) is 13.8 Å².